The molecule has 0 heterocycles. The molecule has 1 rings (SSSR count). The van der Waals surface area contributed by atoms with Crippen LogP contribution in [0.15, 0.2) is 4.99 Å². The van der Waals surface area contributed by atoms with Crippen LogP contribution in [0.2, 0.25) is 0 Å². The molecule has 1 saturated carbocycles. The first-order valence-electron chi connectivity index (χ1n) is 8.74. The van der Waals surface area contributed by atoms with Gasteiger partial charge in [0.05, 0.1) is 5.75 Å². The summed E-state index contributed by atoms with van der Waals surface area (Å²) in [5.74, 6) is 1.56. The number of hydrogen-bond donors (Lipinski definition) is 3. The standard InChI is InChI=1S/C16H34N4O2S/c1-5-23(21,22)20-11-10-18-15(17-4)19-13-16(12-14(2)3)8-6-7-9-16/h14,20H,5-13H2,1-4H3,(H2,17,18,19). The Morgan fingerprint density at radius 2 is 1.83 bits per heavy atom. The van der Waals surface area contributed by atoms with Crippen molar-refractivity contribution in [3.05, 3.63) is 0 Å². The van der Waals surface area contributed by atoms with E-state index < -0.39 is 10.0 Å². The molecule has 3 N–H and O–H groups in total. The summed E-state index contributed by atoms with van der Waals surface area (Å²) in [6.07, 6.45) is 6.45. The summed E-state index contributed by atoms with van der Waals surface area (Å²) < 4.78 is 25.3. The first kappa shape index (κ1) is 20.2. The van der Waals surface area contributed by atoms with E-state index in [0.717, 1.165) is 12.5 Å². The van der Waals surface area contributed by atoms with E-state index in [1.54, 1.807) is 14.0 Å². The third-order valence-corrected chi connectivity index (χ3v) is 5.88. The van der Waals surface area contributed by atoms with Crippen LogP contribution in [0, 0.1) is 11.3 Å². The summed E-state index contributed by atoms with van der Waals surface area (Å²) in [7, 11) is -1.38. The van der Waals surface area contributed by atoms with Crippen molar-refractivity contribution in [2.75, 3.05) is 32.4 Å². The van der Waals surface area contributed by atoms with Gasteiger partial charge in [0.15, 0.2) is 5.96 Å². The number of rotatable bonds is 9. The molecule has 1 aliphatic rings. The molecule has 0 saturated heterocycles. The van der Waals surface area contributed by atoms with E-state index in [9.17, 15) is 8.42 Å². The molecule has 0 aliphatic heterocycles. The zero-order valence-corrected chi connectivity index (χ0v) is 15.9. The number of sulfonamides is 1. The van der Waals surface area contributed by atoms with Gasteiger partial charge in [0.1, 0.15) is 0 Å². The van der Waals surface area contributed by atoms with E-state index >= 15 is 0 Å². The van der Waals surface area contributed by atoms with Gasteiger partial charge in [-0.15, -0.1) is 0 Å². The molecule has 0 aromatic heterocycles. The second kappa shape index (κ2) is 9.47. The fourth-order valence-electron chi connectivity index (χ4n) is 3.43. The predicted octanol–water partition coefficient (Wildman–Crippen LogP) is 1.70. The Balaban J connectivity index is 2.38. The molecule has 6 nitrogen and oxygen atoms in total. The molecule has 0 bridgehead atoms. The van der Waals surface area contributed by atoms with Crippen molar-refractivity contribution in [2.24, 2.45) is 16.3 Å². The number of guanidine groups is 1. The fourth-order valence-corrected chi connectivity index (χ4v) is 4.04. The van der Waals surface area contributed by atoms with Gasteiger partial charge in [-0.3, -0.25) is 4.99 Å². The molecule has 0 radical (unpaired) electrons. The molecule has 0 aromatic rings. The fraction of sp³-hybridized carbons (Fsp3) is 0.938. The van der Waals surface area contributed by atoms with Gasteiger partial charge in [0.25, 0.3) is 0 Å². The molecule has 136 valence electrons. The van der Waals surface area contributed by atoms with E-state index in [2.05, 4.69) is 34.2 Å². The summed E-state index contributed by atoms with van der Waals surface area (Å²) >= 11 is 0. The van der Waals surface area contributed by atoms with Crippen molar-refractivity contribution in [2.45, 2.75) is 52.9 Å². The molecule has 0 unspecified atom stereocenters. The SMILES string of the molecule is CCS(=O)(=O)NCCNC(=NC)NCC1(CC(C)C)CCCC1. The summed E-state index contributed by atoms with van der Waals surface area (Å²) in [5, 5.41) is 6.60. The lowest BCUT2D eigenvalue weighted by Crippen LogP contribution is -2.45. The topological polar surface area (TPSA) is 82.6 Å². The van der Waals surface area contributed by atoms with Crippen molar-refractivity contribution >= 4 is 16.0 Å². The maximum atomic E-state index is 11.4. The van der Waals surface area contributed by atoms with Crippen LogP contribution in [0.1, 0.15) is 52.9 Å². The van der Waals surface area contributed by atoms with Crippen molar-refractivity contribution in [1.29, 1.82) is 0 Å². The molecule has 23 heavy (non-hydrogen) atoms. The van der Waals surface area contributed by atoms with Crippen molar-refractivity contribution < 1.29 is 8.42 Å². The number of nitrogens with zero attached hydrogens (tertiary/aromatic N) is 1. The predicted molar refractivity (Wildman–Crippen MR) is 97.2 cm³/mol. The van der Waals surface area contributed by atoms with Crippen LogP contribution in [-0.4, -0.2) is 46.8 Å². The molecule has 1 fully saturated rings. The highest BCUT2D eigenvalue weighted by atomic mass is 32.2. The molecule has 0 amide bonds. The zero-order valence-electron chi connectivity index (χ0n) is 15.1. The van der Waals surface area contributed by atoms with Gasteiger partial charge in [-0.1, -0.05) is 26.7 Å². The van der Waals surface area contributed by atoms with E-state index in [1.807, 2.05) is 0 Å². The Hall–Kier alpha value is -0.820. The average Bonchev–Trinajstić information content (AvgIpc) is 2.94. The molecular weight excluding hydrogens is 312 g/mol. The summed E-state index contributed by atoms with van der Waals surface area (Å²) in [6.45, 7) is 8.03. The van der Waals surface area contributed by atoms with Crippen LogP contribution in [0.4, 0.5) is 0 Å². The van der Waals surface area contributed by atoms with Gasteiger partial charge in [-0.2, -0.15) is 0 Å². The Morgan fingerprint density at radius 3 is 2.35 bits per heavy atom. The monoisotopic (exact) mass is 346 g/mol. The second-order valence-electron chi connectivity index (χ2n) is 6.96. The van der Waals surface area contributed by atoms with Gasteiger partial charge in [0.2, 0.25) is 10.0 Å². The van der Waals surface area contributed by atoms with Crippen LogP contribution in [0.5, 0.6) is 0 Å². The van der Waals surface area contributed by atoms with E-state index in [1.165, 1.54) is 32.1 Å². The summed E-state index contributed by atoms with van der Waals surface area (Å²) in [4.78, 5) is 4.23. The highest BCUT2D eigenvalue weighted by molar-refractivity contribution is 7.89. The minimum Gasteiger partial charge on any atom is -0.356 e. The Kier molecular flexibility index (Phi) is 8.33. The molecule has 0 aromatic carbocycles. The van der Waals surface area contributed by atoms with E-state index in [-0.39, 0.29) is 5.75 Å². The van der Waals surface area contributed by atoms with E-state index in [0.29, 0.717) is 24.4 Å². The second-order valence-corrected chi connectivity index (χ2v) is 9.05. The minimum absolute atomic E-state index is 0.109. The number of aliphatic imine (C=N–C) groups is 1. The van der Waals surface area contributed by atoms with Crippen LogP contribution in [0.25, 0.3) is 0 Å². The Bertz CT molecular complexity index is 468. The van der Waals surface area contributed by atoms with E-state index in [4.69, 9.17) is 0 Å². The summed E-state index contributed by atoms with van der Waals surface area (Å²) in [6, 6.07) is 0. The lowest BCUT2D eigenvalue weighted by molar-refractivity contribution is 0.235. The lowest BCUT2D eigenvalue weighted by atomic mass is 9.78. The quantitative estimate of drug-likeness (QED) is 0.337. The maximum absolute atomic E-state index is 11.4. The molecule has 0 atom stereocenters. The van der Waals surface area contributed by atoms with Crippen LogP contribution in [0.3, 0.4) is 0 Å². The first-order chi connectivity index (χ1) is 10.8. The van der Waals surface area contributed by atoms with Crippen LogP contribution in [-0.2, 0) is 10.0 Å². The van der Waals surface area contributed by atoms with Gasteiger partial charge in [-0.05, 0) is 37.5 Å². The zero-order chi connectivity index (χ0) is 17.3. The molecular formula is C16H34N4O2S. The largest absolute Gasteiger partial charge is 0.356 e. The van der Waals surface area contributed by atoms with Crippen LogP contribution < -0.4 is 15.4 Å². The summed E-state index contributed by atoms with van der Waals surface area (Å²) in [5.41, 5.74) is 0.385. The van der Waals surface area contributed by atoms with Crippen molar-refractivity contribution in [3.8, 4) is 0 Å². The highest BCUT2D eigenvalue weighted by Gasteiger charge is 2.34. The normalized spacial score (nSPS) is 18.4. The van der Waals surface area contributed by atoms with Crippen molar-refractivity contribution in [1.82, 2.24) is 15.4 Å². The van der Waals surface area contributed by atoms with Gasteiger partial charge in [0, 0.05) is 26.7 Å². The smallest absolute Gasteiger partial charge is 0.211 e. The number of nitrogens with one attached hydrogen (secondary N) is 3. The molecule has 1 aliphatic carbocycles. The third-order valence-electron chi connectivity index (χ3n) is 4.48. The Labute approximate surface area is 142 Å². The maximum Gasteiger partial charge on any atom is 0.211 e. The van der Waals surface area contributed by atoms with Crippen LogP contribution >= 0.6 is 0 Å². The third kappa shape index (κ3) is 7.52. The van der Waals surface area contributed by atoms with Gasteiger partial charge < -0.3 is 10.6 Å². The molecule has 7 heteroatoms. The average molecular weight is 347 g/mol. The minimum atomic E-state index is -3.12. The Morgan fingerprint density at radius 1 is 1.17 bits per heavy atom. The highest BCUT2D eigenvalue weighted by Crippen LogP contribution is 2.42. The van der Waals surface area contributed by atoms with Gasteiger partial charge in [-0.25, -0.2) is 13.1 Å². The molecule has 0 spiro atoms. The number of hydrogen-bond acceptors (Lipinski definition) is 3. The first-order valence-corrected chi connectivity index (χ1v) is 10.4. The van der Waals surface area contributed by atoms with Gasteiger partial charge >= 0.3 is 0 Å². The lowest BCUT2D eigenvalue weighted by Gasteiger charge is -2.31. The van der Waals surface area contributed by atoms with Crippen molar-refractivity contribution in [3.63, 3.8) is 0 Å².